The number of likely N-dealkylation sites (tertiary alicyclic amines) is 1. The number of piperidine rings is 1. The van der Waals surface area contributed by atoms with Crippen molar-refractivity contribution < 1.29 is 19.4 Å². The highest BCUT2D eigenvalue weighted by Crippen LogP contribution is 2.41. The number of nitrogens with zero attached hydrogens (tertiary/aromatic N) is 1. The van der Waals surface area contributed by atoms with E-state index in [1.807, 2.05) is 30.3 Å². The molecule has 6 aromatic rings. The van der Waals surface area contributed by atoms with Crippen molar-refractivity contribution in [1.29, 1.82) is 0 Å². The first-order valence-electron chi connectivity index (χ1n) is 16.5. The van der Waals surface area contributed by atoms with Crippen molar-refractivity contribution in [3.8, 4) is 0 Å². The Morgan fingerprint density at radius 1 is 0.646 bits per heavy atom. The van der Waals surface area contributed by atoms with Crippen LogP contribution in [0.15, 0.2) is 158 Å². The molecule has 0 aromatic heterocycles. The van der Waals surface area contributed by atoms with Crippen LogP contribution in [-0.2, 0) is 28.3 Å². The Morgan fingerprint density at radius 3 is 1.77 bits per heavy atom. The van der Waals surface area contributed by atoms with E-state index in [1.54, 1.807) is 0 Å². The fourth-order valence-electron chi connectivity index (χ4n) is 6.99. The monoisotopic (exact) mass is 632 g/mol. The molecule has 1 aliphatic rings. The molecule has 5 heteroatoms. The topological polar surface area (TPSA) is 61.8 Å². The minimum Gasteiger partial charge on any atom is -0.530 e. The van der Waals surface area contributed by atoms with Crippen molar-refractivity contribution >= 4 is 16.9 Å². The van der Waals surface area contributed by atoms with E-state index in [0.717, 1.165) is 38.8 Å². The van der Waals surface area contributed by atoms with Gasteiger partial charge in [0.1, 0.15) is 11.7 Å². The van der Waals surface area contributed by atoms with Gasteiger partial charge in [0.2, 0.25) is 0 Å². The normalized spacial score (nSPS) is 16.5. The van der Waals surface area contributed by atoms with E-state index in [4.69, 9.17) is 9.47 Å². The van der Waals surface area contributed by atoms with E-state index in [-0.39, 0.29) is 18.6 Å². The molecule has 0 aliphatic carbocycles. The van der Waals surface area contributed by atoms with Crippen LogP contribution in [0.4, 0.5) is 4.79 Å². The molecule has 240 valence electrons. The maximum Gasteiger partial charge on any atom is 0.144 e. The van der Waals surface area contributed by atoms with E-state index < -0.39 is 11.7 Å². The number of carbonyl (C=O) groups is 1. The summed E-state index contributed by atoms with van der Waals surface area (Å²) >= 11 is 0. The van der Waals surface area contributed by atoms with Gasteiger partial charge in [-0.25, -0.2) is 0 Å². The third kappa shape index (κ3) is 6.61. The molecule has 2 unspecified atom stereocenters. The third-order valence-corrected chi connectivity index (χ3v) is 9.50. The molecule has 48 heavy (non-hydrogen) atoms. The van der Waals surface area contributed by atoms with Crippen molar-refractivity contribution in [1.82, 2.24) is 4.90 Å². The van der Waals surface area contributed by atoms with Crippen LogP contribution in [-0.4, -0.2) is 30.2 Å². The first-order chi connectivity index (χ1) is 23.6. The summed E-state index contributed by atoms with van der Waals surface area (Å²) in [4.78, 5) is 13.2. The van der Waals surface area contributed by atoms with Gasteiger partial charge in [0.05, 0.1) is 19.3 Å². The number of rotatable bonds is 10. The Bertz CT molecular complexity index is 1850. The van der Waals surface area contributed by atoms with Crippen LogP contribution in [0.5, 0.6) is 0 Å². The van der Waals surface area contributed by atoms with Crippen molar-refractivity contribution in [3.05, 3.63) is 191 Å². The number of ether oxygens (including phenoxy) is 2. The highest BCUT2D eigenvalue weighted by molar-refractivity contribution is 5.82. The average molecular weight is 633 g/mol. The van der Waals surface area contributed by atoms with Crippen molar-refractivity contribution in [2.75, 3.05) is 13.1 Å². The van der Waals surface area contributed by atoms with Gasteiger partial charge in [-0.2, -0.15) is 0 Å². The number of hydrogen-bond acceptors (Lipinski definition) is 4. The van der Waals surface area contributed by atoms with Crippen molar-refractivity contribution in [2.24, 2.45) is 0 Å². The zero-order valence-electron chi connectivity index (χ0n) is 26.8. The molecule has 0 saturated carbocycles. The molecule has 0 N–H and O–H groups in total. The molecule has 2 atom stereocenters. The lowest BCUT2D eigenvalue weighted by molar-refractivity contribution is -0.268. The highest BCUT2D eigenvalue weighted by Gasteiger charge is 2.37. The Labute approximate surface area is 282 Å². The molecule has 1 heterocycles. The maximum absolute atomic E-state index is 11.8. The molecular formula is C43H38NO4-. The molecular weight excluding hydrogens is 594 g/mol. The van der Waals surface area contributed by atoms with Crippen LogP contribution >= 0.6 is 0 Å². The minimum absolute atomic E-state index is 0.0491. The zero-order valence-corrected chi connectivity index (χ0v) is 26.8. The molecule has 1 fully saturated rings. The largest absolute Gasteiger partial charge is 0.530 e. The summed E-state index contributed by atoms with van der Waals surface area (Å²) in [7, 11) is 0. The second-order valence-electron chi connectivity index (χ2n) is 12.4. The lowest BCUT2D eigenvalue weighted by atomic mass is 9.80. The molecule has 0 spiro atoms. The Balaban J connectivity index is 1.13. The van der Waals surface area contributed by atoms with E-state index in [1.165, 1.54) is 10.3 Å². The fourth-order valence-corrected chi connectivity index (χ4v) is 6.99. The molecule has 1 amide bonds. The van der Waals surface area contributed by atoms with Gasteiger partial charge in [0.15, 0.2) is 0 Å². The van der Waals surface area contributed by atoms with Gasteiger partial charge < -0.3 is 24.3 Å². The Morgan fingerprint density at radius 2 is 1.19 bits per heavy atom. The van der Waals surface area contributed by atoms with Gasteiger partial charge in [-0.15, -0.1) is 0 Å². The van der Waals surface area contributed by atoms with E-state index in [0.29, 0.717) is 26.2 Å². The van der Waals surface area contributed by atoms with Gasteiger partial charge >= 0.3 is 0 Å². The van der Waals surface area contributed by atoms with Crippen LogP contribution in [0.1, 0.15) is 45.7 Å². The number of amides is 1. The quantitative estimate of drug-likeness (QED) is 0.143. The summed E-state index contributed by atoms with van der Waals surface area (Å²) in [6.45, 7) is 1.49. The van der Waals surface area contributed by atoms with Gasteiger partial charge in [-0.1, -0.05) is 152 Å². The van der Waals surface area contributed by atoms with Gasteiger partial charge in [0.25, 0.3) is 0 Å². The molecule has 7 rings (SSSR count). The smallest absolute Gasteiger partial charge is 0.144 e. The molecule has 5 nitrogen and oxygen atoms in total. The number of benzene rings is 6. The Kier molecular flexibility index (Phi) is 9.32. The summed E-state index contributed by atoms with van der Waals surface area (Å²) in [5.41, 5.74) is 5.61. The summed E-state index contributed by atoms with van der Waals surface area (Å²) < 4.78 is 13.5. The highest BCUT2D eigenvalue weighted by atomic mass is 16.5. The molecule has 1 aliphatic heterocycles. The molecule has 1 saturated heterocycles. The summed E-state index contributed by atoms with van der Waals surface area (Å²) in [6.07, 6.45) is -0.795. The van der Waals surface area contributed by atoms with Crippen molar-refractivity contribution in [2.45, 2.75) is 37.3 Å². The molecule has 0 radical (unpaired) electrons. The minimum atomic E-state index is -1.15. The van der Waals surface area contributed by atoms with E-state index in [2.05, 4.69) is 127 Å². The zero-order chi connectivity index (χ0) is 32.8. The average Bonchev–Trinajstić information content (AvgIpc) is 3.15. The first-order valence-corrected chi connectivity index (χ1v) is 16.5. The molecule has 0 bridgehead atoms. The first kappa shape index (κ1) is 31.4. The van der Waals surface area contributed by atoms with Crippen LogP contribution in [0.2, 0.25) is 0 Å². The Hall–Kier alpha value is -5.23. The van der Waals surface area contributed by atoms with Gasteiger partial charge in [-0.3, -0.25) is 0 Å². The third-order valence-electron chi connectivity index (χ3n) is 9.50. The summed E-state index contributed by atoms with van der Waals surface area (Å²) in [5.74, 6) is 0.0491. The summed E-state index contributed by atoms with van der Waals surface area (Å²) in [5, 5.41) is 14.1. The van der Waals surface area contributed by atoms with Crippen LogP contribution in [0, 0.1) is 0 Å². The number of carboxylic acid groups (broad SMARTS) is 1. The van der Waals surface area contributed by atoms with Crippen LogP contribution in [0.3, 0.4) is 0 Å². The van der Waals surface area contributed by atoms with Gasteiger partial charge in [-0.05, 0) is 56.6 Å². The van der Waals surface area contributed by atoms with E-state index in [9.17, 15) is 9.90 Å². The number of hydrogen-bond donors (Lipinski definition) is 0. The van der Waals surface area contributed by atoms with Crippen LogP contribution in [0.25, 0.3) is 10.8 Å². The SMILES string of the molecule is O=C([O-])N1CCC(c2ccc(COC(c3ccccc3)(c3ccccc3)c3ccccc3)cc2)C(OCc2ccc3ccccc3c2)C1. The second kappa shape index (κ2) is 14.3. The van der Waals surface area contributed by atoms with E-state index >= 15 is 0 Å². The number of fused-ring (bicyclic) bond motifs is 1. The fraction of sp³-hybridized carbons (Fsp3) is 0.186. The summed E-state index contributed by atoms with van der Waals surface area (Å²) in [6, 6.07) is 54.2. The van der Waals surface area contributed by atoms with Crippen molar-refractivity contribution in [3.63, 3.8) is 0 Å². The second-order valence-corrected chi connectivity index (χ2v) is 12.4. The number of carbonyl (C=O) groups excluding carboxylic acids is 1. The predicted molar refractivity (Wildman–Crippen MR) is 187 cm³/mol. The predicted octanol–water partition coefficient (Wildman–Crippen LogP) is 8.07. The lowest BCUT2D eigenvalue weighted by Gasteiger charge is -2.40. The maximum atomic E-state index is 11.8. The van der Waals surface area contributed by atoms with Gasteiger partial charge in [0, 0.05) is 19.0 Å². The molecule has 6 aromatic carbocycles. The standard InChI is InChI=1S/C43H39NO4/c45-42(46)44-27-26-40(41(29-44)47-30-33-22-23-34-12-10-11-13-36(34)28-33)35-24-20-32(21-25-35)31-48-43(37-14-4-1-5-15-37,38-16-6-2-7-17-38)39-18-8-3-9-19-39/h1-25,28,40-41H,26-27,29-31H2,(H,45,46)/p-1. The lowest BCUT2D eigenvalue weighted by Crippen LogP contribution is -2.51. The van der Waals surface area contributed by atoms with Crippen LogP contribution < -0.4 is 5.11 Å².